The van der Waals surface area contributed by atoms with Gasteiger partial charge in [-0.2, -0.15) is 0 Å². The Labute approximate surface area is 78.5 Å². The Hall–Kier alpha value is -1.22. The lowest BCUT2D eigenvalue weighted by Gasteiger charge is -2.13. The van der Waals surface area contributed by atoms with Gasteiger partial charge in [-0.1, -0.05) is 6.07 Å². The first-order valence-corrected chi connectivity index (χ1v) is 4.19. The predicted molar refractivity (Wildman–Crippen MR) is 52.7 cm³/mol. The zero-order valence-electron chi connectivity index (χ0n) is 8.20. The molecule has 0 aliphatic carbocycles. The van der Waals surface area contributed by atoms with Gasteiger partial charge in [0.2, 0.25) is 0 Å². The fourth-order valence-corrected chi connectivity index (χ4v) is 0.932. The summed E-state index contributed by atoms with van der Waals surface area (Å²) in [5.41, 5.74) is 7.51. The molecule has 0 amide bonds. The van der Waals surface area contributed by atoms with Crippen molar-refractivity contribution in [1.82, 2.24) is 0 Å². The Morgan fingerprint density at radius 1 is 1.38 bits per heavy atom. The number of rotatable bonds is 3. The maximum absolute atomic E-state index is 5.72. The zero-order chi connectivity index (χ0) is 9.84. The van der Waals surface area contributed by atoms with Crippen molar-refractivity contribution in [2.75, 3.05) is 12.8 Å². The topological polar surface area (TPSA) is 44.5 Å². The molecule has 0 spiro atoms. The van der Waals surface area contributed by atoms with Crippen LogP contribution >= 0.6 is 0 Å². The number of hydrogen-bond acceptors (Lipinski definition) is 3. The van der Waals surface area contributed by atoms with Crippen molar-refractivity contribution in [3.63, 3.8) is 0 Å². The highest BCUT2D eigenvalue weighted by Gasteiger charge is 2.02. The summed E-state index contributed by atoms with van der Waals surface area (Å²) in [7, 11) is 1.60. The molecule has 0 aliphatic heterocycles. The van der Waals surface area contributed by atoms with Crippen LogP contribution in [0.15, 0.2) is 18.2 Å². The average molecular weight is 181 g/mol. The molecule has 1 atom stereocenters. The molecule has 0 aromatic heterocycles. The maximum atomic E-state index is 5.72. The fourth-order valence-electron chi connectivity index (χ4n) is 0.932. The minimum absolute atomic E-state index is 0.248. The summed E-state index contributed by atoms with van der Waals surface area (Å²) in [6.45, 7) is 3.79. The van der Waals surface area contributed by atoms with Gasteiger partial charge in [-0.3, -0.25) is 0 Å². The van der Waals surface area contributed by atoms with Crippen LogP contribution < -0.4 is 10.5 Å². The lowest BCUT2D eigenvalue weighted by Crippen LogP contribution is -2.13. The first kappa shape index (κ1) is 9.86. The Morgan fingerprint density at radius 2 is 2.08 bits per heavy atom. The Morgan fingerprint density at radius 3 is 2.62 bits per heavy atom. The maximum Gasteiger partial charge on any atom is 0.196 e. The normalized spacial score (nSPS) is 12.5. The molecule has 0 saturated carbocycles. The van der Waals surface area contributed by atoms with Crippen LogP contribution in [0.2, 0.25) is 0 Å². The van der Waals surface area contributed by atoms with Crippen molar-refractivity contribution in [1.29, 1.82) is 0 Å². The summed E-state index contributed by atoms with van der Waals surface area (Å²) < 4.78 is 10.4. The molecule has 0 saturated heterocycles. The summed E-state index contributed by atoms with van der Waals surface area (Å²) in [6, 6.07) is 5.60. The minimum Gasteiger partial charge on any atom is -0.465 e. The second kappa shape index (κ2) is 4.14. The smallest absolute Gasteiger partial charge is 0.196 e. The van der Waals surface area contributed by atoms with E-state index < -0.39 is 0 Å². The standard InChI is InChI=1S/C10H15NO2/c1-7-4-5-9(6-10(7)11)13-8(2)12-3/h4-6,8H,11H2,1-3H3. The van der Waals surface area contributed by atoms with Crippen LogP contribution in [-0.4, -0.2) is 13.4 Å². The van der Waals surface area contributed by atoms with Crippen LogP contribution in [0, 0.1) is 6.92 Å². The van der Waals surface area contributed by atoms with Gasteiger partial charge in [0.15, 0.2) is 6.29 Å². The molecule has 13 heavy (non-hydrogen) atoms. The van der Waals surface area contributed by atoms with Gasteiger partial charge in [-0.25, -0.2) is 0 Å². The highest BCUT2D eigenvalue weighted by atomic mass is 16.7. The molecule has 1 unspecified atom stereocenters. The van der Waals surface area contributed by atoms with Crippen molar-refractivity contribution in [2.45, 2.75) is 20.1 Å². The predicted octanol–water partition coefficient (Wildman–Crippen LogP) is 1.95. The van der Waals surface area contributed by atoms with E-state index in [1.807, 2.05) is 26.0 Å². The molecule has 1 rings (SSSR count). The van der Waals surface area contributed by atoms with Crippen molar-refractivity contribution in [3.05, 3.63) is 23.8 Å². The lowest BCUT2D eigenvalue weighted by atomic mass is 10.2. The highest BCUT2D eigenvalue weighted by molar-refractivity contribution is 5.50. The summed E-state index contributed by atoms with van der Waals surface area (Å²) in [6.07, 6.45) is -0.248. The molecule has 0 bridgehead atoms. The largest absolute Gasteiger partial charge is 0.465 e. The van der Waals surface area contributed by atoms with Crippen molar-refractivity contribution in [3.8, 4) is 5.75 Å². The van der Waals surface area contributed by atoms with E-state index in [9.17, 15) is 0 Å². The number of anilines is 1. The molecular weight excluding hydrogens is 166 g/mol. The molecule has 3 nitrogen and oxygen atoms in total. The Kier molecular flexibility index (Phi) is 3.14. The zero-order valence-corrected chi connectivity index (χ0v) is 8.20. The molecule has 0 radical (unpaired) electrons. The van der Waals surface area contributed by atoms with Gasteiger partial charge in [-0.05, 0) is 25.5 Å². The van der Waals surface area contributed by atoms with Crippen LogP contribution in [0.3, 0.4) is 0 Å². The van der Waals surface area contributed by atoms with Gasteiger partial charge in [-0.15, -0.1) is 0 Å². The molecule has 3 heteroatoms. The molecule has 0 heterocycles. The molecule has 1 aromatic rings. The third kappa shape index (κ3) is 2.63. The van der Waals surface area contributed by atoms with Crippen LogP contribution in [0.4, 0.5) is 5.69 Å². The van der Waals surface area contributed by atoms with Crippen molar-refractivity contribution >= 4 is 5.69 Å². The van der Waals surface area contributed by atoms with E-state index in [4.69, 9.17) is 15.2 Å². The lowest BCUT2D eigenvalue weighted by molar-refractivity contribution is -0.0382. The first-order chi connectivity index (χ1) is 6.13. The van der Waals surface area contributed by atoms with Gasteiger partial charge >= 0.3 is 0 Å². The molecule has 1 aromatic carbocycles. The van der Waals surface area contributed by atoms with E-state index in [1.54, 1.807) is 13.2 Å². The van der Waals surface area contributed by atoms with Crippen LogP contribution in [-0.2, 0) is 4.74 Å². The van der Waals surface area contributed by atoms with Crippen LogP contribution in [0.5, 0.6) is 5.75 Å². The quantitative estimate of drug-likeness (QED) is 0.572. The number of nitrogen functional groups attached to an aromatic ring is 1. The van der Waals surface area contributed by atoms with Gasteiger partial charge < -0.3 is 15.2 Å². The number of benzene rings is 1. The third-order valence-electron chi connectivity index (χ3n) is 1.88. The van der Waals surface area contributed by atoms with E-state index in [0.29, 0.717) is 0 Å². The molecule has 2 N–H and O–H groups in total. The van der Waals surface area contributed by atoms with Gasteiger partial charge in [0, 0.05) is 18.9 Å². The van der Waals surface area contributed by atoms with Gasteiger partial charge in [0.25, 0.3) is 0 Å². The minimum atomic E-state index is -0.248. The monoisotopic (exact) mass is 181 g/mol. The highest BCUT2D eigenvalue weighted by Crippen LogP contribution is 2.19. The van der Waals surface area contributed by atoms with E-state index in [2.05, 4.69) is 0 Å². The number of nitrogens with two attached hydrogens (primary N) is 1. The van der Waals surface area contributed by atoms with Crippen molar-refractivity contribution in [2.24, 2.45) is 0 Å². The van der Waals surface area contributed by atoms with Gasteiger partial charge in [0.1, 0.15) is 5.75 Å². The Balaban J connectivity index is 2.73. The van der Waals surface area contributed by atoms with E-state index in [-0.39, 0.29) is 6.29 Å². The van der Waals surface area contributed by atoms with Crippen LogP contribution in [0.1, 0.15) is 12.5 Å². The Bertz CT molecular complexity index is 286. The first-order valence-electron chi connectivity index (χ1n) is 4.19. The average Bonchev–Trinajstić information content (AvgIpc) is 2.11. The summed E-state index contributed by atoms with van der Waals surface area (Å²) in [5, 5.41) is 0. The fraction of sp³-hybridized carbons (Fsp3) is 0.400. The SMILES string of the molecule is COC(C)Oc1ccc(C)c(N)c1. The summed E-state index contributed by atoms with van der Waals surface area (Å²) in [4.78, 5) is 0. The summed E-state index contributed by atoms with van der Waals surface area (Å²) >= 11 is 0. The molecule has 0 aliphatic rings. The second-order valence-corrected chi connectivity index (χ2v) is 2.94. The molecule has 72 valence electrons. The molecule has 0 fully saturated rings. The second-order valence-electron chi connectivity index (χ2n) is 2.94. The molecular formula is C10H15NO2. The van der Waals surface area contributed by atoms with Crippen molar-refractivity contribution < 1.29 is 9.47 Å². The van der Waals surface area contributed by atoms with E-state index in [1.165, 1.54) is 0 Å². The van der Waals surface area contributed by atoms with E-state index in [0.717, 1.165) is 17.0 Å². The van der Waals surface area contributed by atoms with E-state index >= 15 is 0 Å². The third-order valence-corrected chi connectivity index (χ3v) is 1.88. The summed E-state index contributed by atoms with van der Waals surface area (Å²) in [5.74, 6) is 0.734. The number of ether oxygens (including phenoxy) is 2. The number of methoxy groups -OCH3 is 1. The number of aryl methyl sites for hydroxylation is 1. The van der Waals surface area contributed by atoms with Gasteiger partial charge in [0.05, 0.1) is 0 Å². The number of hydrogen-bond donors (Lipinski definition) is 1. The van der Waals surface area contributed by atoms with Crippen LogP contribution in [0.25, 0.3) is 0 Å².